The molecule has 0 amide bonds. The molecular weight excluding hydrogens is 428 g/mol. The third-order valence-corrected chi connectivity index (χ3v) is 6.36. The number of hydrogen-bond donors (Lipinski definition) is 0. The minimum atomic E-state index is -3.14. The molecule has 1 aromatic carbocycles. The van der Waals surface area contributed by atoms with E-state index >= 15 is 0 Å². The molecule has 0 aliphatic carbocycles. The molecule has 3 aromatic rings. The Morgan fingerprint density at radius 3 is 2.67 bits per heavy atom. The average molecular weight is 449 g/mol. The molecule has 0 spiro atoms. The molecule has 0 aliphatic heterocycles. The second kappa shape index (κ2) is 8.31. The molecule has 142 valence electrons. The molecule has 0 aliphatic rings. The zero-order valence-corrected chi connectivity index (χ0v) is 17.6. The average Bonchev–Trinajstić information content (AvgIpc) is 3.04. The fourth-order valence-electron chi connectivity index (χ4n) is 2.78. The largest absolute Gasteiger partial charge is 0.264 e. The first-order valence-corrected chi connectivity index (χ1v) is 11.3. The van der Waals surface area contributed by atoms with Crippen LogP contribution in [0, 0.1) is 5.92 Å². The first-order valence-electron chi connectivity index (χ1n) is 8.67. The van der Waals surface area contributed by atoms with Gasteiger partial charge in [-0.25, -0.2) is 18.1 Å². The Bertz CT molecular complexity index is 1020. The summed E-state index contributed by atoms with van der Waals surface area (Å²) in [5, 5.41) is 4.60. The van der Waals surface area contributed by atoms with Crippen LogP contribution in [0.4, 0.5) is 0 Å². The maximum absolute atomic E-state index is 12.3. The Morgan fingerprint density at radius 2 is 2.00 bits per heavy atom. The van der Waals surface area contributed by atoms with Crippen LogP contribution in [-0.4, -0.2) is 39.7 Å². The van der Waals surface area contributed by atoms with E-state index in [2.05, 4.69) is 31.0 Å². The van der Waals surface area contributed by atoms with Crippen LogP contribution in [0.2, 0.25) is 0 Å². The lowest BCUT2D eigenvalue weighted by molar-refractivity contribution is 0.580. The molecule has 6 nitrogen and oxygen atoms in total. The Labute approximate surface area is 167 Å². The molecule has 0 saturated carbocycles. The minimum absolute atomic E-state index is 0.0460. The monoisotopic (exact) mass is 448 g/mol. The van der Waals surface area contributed by atoms with E-state index in [1.807, 2.05) is 50.2 Å². The molecule has 0 atom stereocenters. The number of halogens is 1. The summed E-state index contributed by atoms with van der Waals surface area (Å²) in [5.74, 6) is 1.46. The van der Waals surface area contributed by atoms with Crippen LogP contribution in [0.1, 0.15) is 19.7 Å². The molecule has 0 unspecified atom stereocenters. The van der Waals surface area contributed by atoms with Crippen molar-refractivity contribution in [3.63, 3.8) is 0 Å². The number of pyridine rings is 1. The Hall–Kier alpha value is -2.06. The van der Waals surface area contributed by atoms with Crippen molar-refractivity contribution < 1.29 is 8.42 Å². The summed E-state index contributed by atoms with van der Waals surface area (Å²) in [6.45, 7) is 3.81. The van der Waals surface area contributed by atoms with Crippen molar-refractivity contribution in [3.05, 3.63) is 59.1 Å². The van der Waals surface area contributed by atoms with Crippen molar-refractivity contribution in [2.24, 2.45) is 5.92 Å². The van der Waals surface area contributed by atoms with E-state index in [-0.39, 0.29) is 17.4 Å². The van der Waals surface area contributed by atoms with Gasteiger partial charge < -0.3 is 0 Å². The highest BCUT2D eigenvalue weighted by molar-refractivity contribution is 9.10. The van der Waals surface area contributed by atoms with Crippen LogP contribution in [0.25, 0.3) is 17.1 Å². The summed E-state index contributed by atoms with van der Waals surface area (Å²) in [4.78, 5) is 8.71. The minimum Gasteiger partial charge on any atom is -0.264 e. The Kier molecular flexibility index (Phi) is 6.06. The number of aromatic nitrogens is 4. The molecule has 0 bridgehead atoms. The summed E-state index contributed by atoms with van der Waals surface area (Å²) < 4.78 is 27.3. The topological polar surface area (TPSA) is 77.7 Å². The Balaban J connectivity index is 1.97. The van der Waals surface area contributed by atoms with Crippen LogP contribution in [0.3, 0.4) is 0 Å². The van der Waals surface area contributed by atoms with Gasteiger partial charge in [0.15, 0.2) is 15.7 Å². The SMILES string of the molecule is CC(C)CS(=O)(=O)CCc1nc(-c2cccnc2)nn1-c1cccc(Br)c1. The van der Waals surface area contributed by atoms with Crippen LogP contribution in [-0.2, 0) is 16.3 Å². The lowest BCUT2D eigenvalue weighted by Crippen LogP contribution is -2.18. The number of benzene rings is 1. The zero-order valence-electron chi connectivity index (χ0n) is 15.2. The fraction of sp³-hybridized carbons (Fsp3) is 0.316. The molecule has 8 heteroatoms. The summed E-state index contributed by atoms with van der Waals surface area (Å²) in [5.41, 5.74) is 1.61. The smallest absolute Gasteiger partial charge is 0.183 e. The van der Waals surface area contributed by atoms with E-state index in [4.69, 9.17) is 0 Å². The van der Waals surface area contributed by atoms with E-state index in [0.717, 1.165) is 15.7 Å². The number of sulfone groups is 1. The summed E-state index contributed by atoms with van der Waals surface area (Å²) in [7, 11) is -3.14. The van der Waals surface area contributed by atoms with Crippen LogP contribution >= 0.6 is 15.9 Å². The van der Waals surface area contributed by atoms with Crippen LogP contribution < -0.4 is 0 Å². The van der Waals surface area contributed by atoms with Gasteiger partial charge >= 0.3 is 0 Å². The van der Waals surface area contributed by atoms with Gasteiger partial charge in [-0.15, -0.1) is 5.10 Å². The standard InChI is InChI=1S/C19H21BrN4O2S/c1-14(2)13-27(25,26)10-8-18-22-19(15-5-4-9-21-12-15)23-24(18)17-7-3-6-16(20)11-17/h3-7,9,11-12,14H,8,10,13H2,1-2H3. The maximum Gasteiger partial charge on any atom is 0.183 e. The first kappa shape index (κ1) is 19.7. The van der Waals surface area contributed by atoms with E-state index in [1.165, 1.54) is 0 Å². The van der Waals surface area contributed by atoms with Crippen molar-refractivity contribution in [3.8, 4) is 17.1 Å². The van der Waals surface area contributed by atoms with E-state index in [0.29, 0.717) is 18.1 Å². The molecule has 0 saturated heterocycles. The molecule has 0 radical (unpaired) electrons. The van der Waals surface area contributed by atoms with Crippen molar-refractivity contribution >= 4 is 25.8 Å². The predicted molar refractivity (Wildman–Crippen MR) is 109 cm³/mol. The molecule has 0 N–H and O–H groups in total. The zero-order chi connectivity index (χ0) is 19.4. The molecule has 0 fully saturated rings. The van der Waals surface area contributed by atoms with Gasteiger partial charge in [-0.3, -0.25) is 4.98 Å². The van der Waals surface area contributed by atoms with Crippen molar-refractivity contribution in [1.29, 1.82) is 0 Å². The molecule has 27 heavy (non-hydrogen) atoms. The van der Waals surface area contributed by atoms with Crippen LogP contribution in [0.15, 0.2) is 53.3 Å². The van der Waals surface area contributed by atoms with Gasteiger partial charge in [-0.1, -0.05) is 35.8 Å². The van der Waals surface area contributed by atoms with Gasteiger partial charge in [0, 0.05) is 28.9 Å². The number of nitrogens with zero attached hydrogens (tertiary/aromatic N) is 4. The lowest BCUT2D eigenvalue weighted by atomic mass is 10.3. The molecule has 3 rings (SSSR count). The van der Waals surface area contributed by atoms with Gasteiger partial charge in [0.25, 0.3) is 0 Å². The van der Waals surface area contributed by atoms with Crippen molar-refractivity contribution in [2.75, 3.05) is 11.5 Å². The summed E-state index contributed by atoms with van der Waals surface area (Å²) in [6.07, 6.45) is 3.68. The fourth-order valence-corrected chi connectivity index (χ4v) is 4.84. The maximum atomic E-state index is 12.3. The second-order valence-electron chi connectivity index (χ2n) is 6.74. The van der Waals surface area contributed by atoms with Crippen molar-refractivity contribution in [2.45, 2.75) is 20.3 Å². The van der Waals surface area contributed by atoms with E-state index in [1.54, 1.807) is 17.1 Å². The van der Waals surface area contributed by atoms with Gasteiger partial charge in [-0.2, -0.15) is 0 Å². The van der Waals surface area contributed by atoms with Gasteiger partial charge in [0.1, 0.15) is 5.82 Å². The second-order valence-corrected chi connectivity index (χ2v) is 9.89. The lowest BCUT2D eigenvalue weighted by Gasteiger charge is -2.08. The predicted octanol–water partition coefficient (Wildman–Crippen LogP) is 3.71. The number of aryl methyl sites for hydroxylation is 1. The quantitative estimate of drug-likeness (QED) is 0.550. The third-order valence-electron chi connectivity index (χ3n) is 3.87. The van der Waals surface area contributed by atoms with Gasteiger partial charge in [0.2, 0.25) is 0 Å². The highest BCUT2D eigenvalue weighted by Crippen LogP contribution is 2.20. The number of rotatable bonds is 7. The molecular formula is C19H21BrN4O2S. The first-order chi connectivity index (χ1) is 12.8. The van der Waals surface area contributed by atoms with Crippen molar-refractivity contribution in [1.82, 2.24) is 19.7 Å². The third kappa shape index (κ3) is 5.23. The van der Waals surface area contributed by atoms with Gasteiger partial charge in [-0.05, 0) is 36.2 Å². The van der Waals surface area contributed by atoms with Crippen LogP contribution in [0.5, 0.6) is 0 Å². The summed E-state index contributed by atoms with van der Waals surface area (Å²) in [6, 6.07) is 11.4. The highest BCUT2D eigenvalue weighted by atomic mass is 79.9. The molecule has 2 heterocycles. The summed E-state index contributed by atoms with van der Waals surface area (Å²) >= 11 is 3.47. The highest BCUT2D eigenvalue weighted by Gasteiger charge is 2.18. The van der Waals surface area contributed by atoms with E-state index in [9.17, 15) is 8.42 Å². The van der Waals surface area contributed by atoms with E-state index < -0.39 is 9.84 Å². The van der Waals surface area contributed by atoms with Gasteiger partial charge in [0.05, 0.1) is 17.2 Å². The normalized spacial score (nSPS) is 11.9. The molecule has 2 aromatic heterocycles. The number of hydrogen-bond acceptors (Lipinski definition) is 5. The Morgan fingerprint density at radius 1 is 1.19 bits per heavy atom.